The molecule has 1 saturated carbocycles. The second kappa shape index (κ2) is 5.67. The van der Waals surface area contributed by atoms with E-state index in [9.17, 15) is 9.90 Å². The summed E-state index contributed by atoms with van der Waals surface area (Å²) in [6.45, 7) is 7.11. The summed E-state index contributed by atoms with van der Waals surface area (Å²) >= 11 is 0. The van der Waals surface area contributed by atoms with Gasteiger partial charge in [0.2, 0.25) is 0 Å². The van der Waals surface area contributed by atoms with Gasteiger partial charge in [0.1, 0.15) is 5.60 Å². The third-order valence-electron chi connectivity index (χ3n) is 3.70. The highest BCUT2D eigenvalue weighted by Crippen LogP contribution is 2.21. The summed E-state index contributed by atoms with van der Waals surface area (Å²) in [6.07, 6.45) is 3.51. The van der Waals surface area contributed by atoms with Crippen LogP contribution in [-0.4, -0.2) is 53.0 Å². The summed E-state index contributed by atoms with van der Waals surface area (Å²) in [5.41, 5.74) is -0.422. The van der Waals surface area contributed by atoms with Crippen LogP contribution in [0.1, 0.15) is 46.5 Å². The lowest BCUT2D eigenvalue weighted by atomic mass is 9.92. The Morgan fingerprint density at radius 1 is 1.16 bits per heavy atom. The maximum Gasteiger partial charge on any atom is 0.410 e. The molecule has 0 atom stereocenters. The van der Waals surface area contributed by atoms with Crippen LogP contribution in [0.25, 0.3) is 0 Å². The predicted molar refractivity (Wildman–Crippen MR) is 73.0 cm³/mol. The third kappa shape index (κ3) is 4.35. The van der Waals surface area contributed by atoms with Crippen molar-refractivity contribution in [1.29, 1.82) is 0 Å². The van der Waals surface area contributed by atoms with E-state index in [0.29, 0.717) is 12.1 Å². The molecule has 2 N–H and O–H groups in total. The number of nitrogens with zero attached hydrogens (tertiary/aromatic N) is 1. The Kier molecular flexibility index (Phi) is 4.36. The van der Waals surface area contributed by atoms with E-state index >= 15 is 0 Å². The number of hydrogen-bond donors (Lipinski definition) is 2. The minimum absolute atomic E-state index is 0.113. The fourth-order valence-corrected chi connectivity index (χ4v) is 2.64. The summed E-state index contributed by atoms with van der Waals surface area (Å²) in [5, 5.41) is 13.0. The standard InChI is InChI=1S/C14H26N2O3/c1-14(2,3)19-13(18)16-8-11(9-16)15-10-4-6-12(17)7-5-10/h10-12,15,17H,4-9H2,1-3H3. The summed E-state index contributed by atoms with van der Waals surface area (Å²) < 4.78 is 5.32. The molecule has 2 aliphatic rings. The van der Waals surface area contributed by atoms with Gasteiger partial charge in [-0.2, -0.15) is 0 Å². The molecule has 0 radical (unpaired) electrons. The smallest absolute Gasteiger partial charge is 0.410 e. The van der Waals surface area contributed by atoms with Gasteiger partial charge in [-0.15, -0.1) is 0 Å². The van der Waals surface area contributed by atoms with Gasteiger partial charge in [0.05, 0.1) is 6.10 Å². The number of hydrogen-bond acceptors (Lipinski definition) is 4. The molecule has 0 bridgehead atoms. The summed E-state index contributed by atoms with van der Waals surface area (Å²) in [4.78, 5) is 13.5. The van der Waals surface area contributed by atoms with Crippen LogP contribution in [-0.2, 0) is 4.74 Å². The fraction of sp³-hybridized carbons (Fsp3) is 0.929. The van der Waals surface area contributed by atoms with Gasteiger partial charge in [0, 0.05) is 25.2 Å². The van der Waals surface area contributed by atoms with E-state index in [-0.39, 0.29) is 12.2 Å². The Morgan fingerprint density at radius 2 is 1.74 bits per heavy atom. The largest absolute Gasteiger partial charge is 0.444 e. The first kappa shape index (κ1) is 14.6. The number of carbonyl (C=O) groups is 1. The van der Waals surface area contributed by atoms with Crippen molar-refractivity contribution in [2.45, 2.75) is 70.2 Å². The Balaban J connectivity index is 1.65. The quantitative estimate of drug-likeness (QED) is 0.798. The number of aliphatic hydroxyl groups is 1. The lowest BCUT2D eigenvalue weighted by molar-refractivity contribution is 0.00288. The normalized spacial score (nSPS) is 28.9. The number of rotatable bonds is 2. The van der Waals surface area contributed by atoms with E-state index < -0.39 is 5.60 Å². The van der Waals surface area contributed by atoms with Crippen molar-refractivity contribution in [3.05, 3.63) is 0 Å². The number of nitrogens with one attached hydrogen (secondary N) is 1. The molecule has 110 valence electrons. The summed E-state index contributed by atoms with van der Waals surface area (Å²) in [5.74, 6) is 0. The number of amides is 1. The summed E-state index contributed by atoms with van der Waals surface area (Å²) in [7, 11) is 0. The Hall–Kier alpha value is -0.810. The molecule has 0 aromatic heterocycles. The van der Waals surface area contributed by atoms with Crippen molar-refractivity contribution in [2.24, 2.45) is 0 Å². The minimum Gasteiger partial charge on any atom is -0.444 e. The van der Waals surface area contributed by atoms with Gasteiger partial charge < -0.3 is 20.1 Å². The van der Waals surface area contributed by atoms with Gasteiger partial charge >= 0.3 is 6.09 Å². The molecule has 5 nitrogen and oxygen atoms in total. The van der Waals surface area contributed by atoms with E-state index in [1.165, 1.54) is 0 Å². The third-order valence-corrected chi connectivity index (χ3v) is 3.70. The van der Waals surface area contributed by atoms with Crippen LogP contribution in [0.15, 0.2) is 0 Å². The molecule has 0 aromatic rings. The molecule has 2 rings (SSSR count). The molecule has 0 aromatic carbocycles. The second-order valence-electron chi connectivity index (χ2n) is 6.75. The highest BCUT2D eigenvalue weighted by Gasteiger charge is 2.35. The first-order chi connectivity index (χ1) is 8.83. The average molecular weight is 270 g/mol. The maximum atomic E-state index is 11.8. The van der Waals surface area contributed by atoms with Gasteiger partial charge in [-0.1, -0.05) is 0 Å². The maximum absolute atomic E-state index is 11.8. The molecule has 5 heteroatoms. The number of ether oxygens (including phenoxy) is 1. The van der Waals surface area contributed by atoms with E-state index in [4.69, 9.17) is 4.74 Å². The molecule has 1 amide bonds. The van der Waals surface area contributed by atoms with Crippen LogP contribution in [0, 0.1) is 0 Å². The molecule has 0 unspecified atom stereocenters. The Bertz CT molecular complexity index is 313. The van der Waals surface area contributed by atoms with Gasteiger partial charge in [0.15, 0.2) is 0 Å². The van der Waals surface area contributed by atoms with Gasteiger partial charge in [-0.3, -0.25) is 0 Å². The molecule has 2 fully saturated rings. The lowest BCUT2D eigenvalue weighted by Crippen LogP contribution is -2.62. The zero-order valence-corrected chi connectivity index (χ0v) is 12.2. The highest BCUT2D eigenvalue weighted by molar-refractivity contribution is 5.69. The molecule has 1 aliphatic carbocycles. The van der Waals surface area contributed by atoms with Crippen LogP contribution in [0.3, 0.4) is 0 Å². The predicted octanol–water partition coefficient (Wildman–Crippen LogP) is 1.50. The monoisotopic (exact) mass is 270 g/mol. The molecule has 0 spiro atoms. The topological polar surface area (TPSA) is 61.8 Å². The van der Waals surface area contributed by atoms with E-state index in [1.807, 2.05) is 20.8 Å². The molecule has 1 heterocycles. The molecular weight excluding hydrogens is 244 g/mol. The van der Waals surface area contributed by atoms with Crippen molar-refractivity contribution in [2.75, 3.05) is 13.1 Å². The van der Waals surface area contributed by atoms with Crippen molar-refractivity contribution >= 4 is 6.09 Å². The molecular formula is C14H26N2O3. The van der Waals surface area contributed by atoms with Crippen LogP contribution >= 0.6 is 0 Å². The van der Waals surface area contributed by atoms with Gasteiger partial charge in [0.25, 0.3) is 0 Å². The van der Waals surface area contributed by atoms with Crippen molar-refractivity contribution < 1.29 is 14.6 Å². The lowest BCUT2D eigenvalue weighted by Gasteiger charge is -2.42. The number of carbonyl (C=O) groups excluding carboxylic acids is 1. The first-order valence-electron chi connectivity index (χ1n) is 7.25. The Morgan fingerprint density at radius 3 is 2.26 bits per heavy atom. The zero-order valence-electron chi connectivity index (χ0n) is 12.2. The summed E-state index contributed by atoms with van der Waals surface area (Å²) in [6, 6.07) is 0.877. The van der Waals surface area contributed by atoms with Crippen LogP contribution in [0.5, 0.6) is 0 Å². The average Bonchev–Trinajstić information content (AvgIpc) is 2.22. The zero-order chi connectivity index (χ0) is 14.0. The molecule has 1 aliphatic heterocycles. The van der Waals surface area contributed by atoms with E-state index in [1.54, 1.807) is 4.90 Å². The van der Waals surface area contributed by atoms with E-state index in [2.05, 4.69) is 5.32 Å². The first-order valence-corrected chi connectivity index (χ1v) is 7.25. The number of likely N-dealkylation sites (tertiary alicyclic amines) is 1. The SMILES string of the molecule is CC(C)(C)OC(=O)N1CC(NC2CCC(O)CC2)C1. The van der Waals surface area contributed by atoms with Crippen LogP contribution < -0.4 is 5.32 Å². The molecule has 1 saturated heterocycles. The van der Waals surface area contributed by atoms with Crippen molar-refractivity contribution in [3.8, 4) is 0 Å². The van der Waals surface area contributed by atoms with Crippen molar-refractivity contribution in [1.82, 2.24) is 10.2 Å². The highest BCUT2D eigenvalue weighted by atomic mass is 16.6. The number of aliphatic hydroxyl groups excluding tert-OH is 1. The van der Waals surface area contributed by atoms with Gasteiger partial charge in [-0.25, -0.2) is 4.79 Å². The Labute approximate surface area is 115 Å². The fourth-order valence-electron chi connectivity index (χ4n) is 2.64. The van der Waals surface area contributed by atoms with E-state index in [0.717, 1.165) is 38.8 Å². The molecule has 19 heavy (non-hydrogen) atoms. The van der Waals surface area contributed by atoms with Crippen LogP contribution in [0.2, 0.25) is 0 Å². The van der Waals surface area contributed by atoms with Gasteiger partial charge in [-0.05, 0) is 46.5 Å². The second-order valence-corrected chi connectivity index (χ2v) is 6.75. The van der Waals surface area contributed by atoms with Crippen LogP contribution in [0.4, 0.5) is 4.79 Å². The van der Waals surface area contributed by atoms with Crippen molar-refractivity contribution in [3.63, 3.8) is 0 Å². The minimum atomic E-state index is -0.422.